The Balaban J connectivity index is 2.04. The molecule has 0 fully saturated rings. The van der Waals surface area contributed by atoms with Crippen LogP contribution in [0.5, 0.6) is 0 Å². The van der Waals surface area contributed by atoms with Crippen molar-refractivity contribution in [3.8, 4) is 11.4 Å². The van der Waals surface area contributed by atoms with Gasteiger partial charge in [0, 0.05) is 42.8 Å². The Morgan fingerprint density at radius 1 is 1.03 bits per heavy atom. The number of nitrogens with zero attached hydrogens (tertiary/aromatic N) is 5. The molecule has 3 N–H and O–H groups in total. The molecule has 2 aromatic heterocycles. The zero-order valence-electron chi connectivity index (χ0n) is 16.5. The Morgan fingerprint density at radius 2 is 1.64 bits per heavy atom. The van der Waals surface area contributed by atoms with Crippen LogP contribution < -0.4 is 11.1 Å². The predicted molar refractivity (Wildman–Crippen MR) is 104 cm³/mol. The second kappa shape index (κ2) is 9.36. The molecular weight excluding hydrogens is 456 g/mol. The van der Waals surface area contributed by atoms with Crippen LogP contribution in [-0.4, -0.2) is 43.7 Å². The van der Waals surface area contributed by atoms with Gasteiger partial charge in [0.1, 0.15) is 12.7 Å². The van der Waals surface area contributed by atoms with Gasteiger partial charge in [-0.2, -0.15) is 26.3 Å². The van der Waals surface area contributed by atoms with E-state index in [1.807, 2.05) is 0 Å². The number of amides is 1. The third-order valence-corrected chi connectivity index (χ3v) is 4.16. The lowest BCUT2D eigenvalue weighted by molar-refractivity contribution is -0.143. The topological polar surface area (TPSA) is 112 Å². The smallest absolute Gasteiger partial charge is 0.351 e. The molecule has 0 radical (unpaired) electrons. The molecule has 8 nitrogen and oxygen atoms in total. The lowest BCUT2D eigenvalue weighted by Gasteiger charge is -2.13. The van der Waals surface area contributed by atoms with Crippen LogP contribution >= 0.6 is 0 Å². The van der Waals surface area contributed by atoms with E-state index in [0.717, 1.165) is 11.0 Å². The summed E-state index contributed by atoms with van der Waals surface area (Å²) in [6.07, 6.45) is -3.91. The van der Waals surface area contributed by atoms with E-state index in [1.165, 1.54) is 24.9 Å². The largest absolute Gasteiger partial charge is 0.416 e. The van der Waals surface area contributed by atoms with E-state index in [2.05, 4.69) is 25.4 Å². The van der Waals surface area contributed by atoms with Crippen molar-refractivity contribution in [1.29, 1.82) is 0 Å². The summed E-state index contributed by atoms with van der Waals surface area (Å²) >= 11 is 0. The average molecular weight is 471 g/mol. The van der Waals surface area contributed by atoms with Crippen LogP contribution in [0.3, 0.4) is 0 Å². The summed E-state index contributed by atoms with van der Waals surface area (Å²) in [5.41, 5.74) is 2.18. The molecular formula is C19H15F6N7O. The van der Waals surface area contributed by atoms with E-state index in [1.54, 1.807) is 0 Å². The van der Waals surface area contributed by atoms with Crippen molar-refractivity contribution in [2.75, 3.05) is 13.1 Å². The fourth-order valence-corrected chi connectivity index (χ4v) is 2.67. The molecule has 0 spiro atoms. The maximum atomic E-state index is 13.1. The highest BCUT2D eigenvalue weighted by molar-refractivity contribution is 6.22. The Bertz CT molecular complexity index is 1120. The van der Waals surface area contributed by atoms with Gasteiger partial charge >= 0.3 is 12.4 Å². The molecule has 0 aliphatic carbocycles. The van der Waals surface area contributed by atoms with Crippen LogP contribution in [0.2, 0.25) is 0 Å². The van der Waals surface area contributed by atoms with Crippen molar-refractivity contribution in [3.63, 3.8) is 0 Å². The highest BCUT2D eigenvalue weighted by Gasteiger charge is 2.37. The van der Waals surface area contributed by atoms with E-state index in [-0.39, 0.29) is 30.3 Å². The van der Waals surface area contributed by atoms with Gasteiger partial charge in [-0.25, -0.2) is 19.6 Å². The van der Waals surface area contributed by atoms with Crippen LogP contribution in [0.4, 0.5) is 26.3 Å². The van der Waals surface area contributed by atoms with E-state index >= 15 is 0 Å². The van der Waals surface area contributed by atoms with Crippen molar-refractivity contribution < 1.29 is 31.1 Å². The molecule has 0 bridgehead atoms. The number of alkyl halides is 6. The van der Waals surface area contributed by atoms with Crippen molar-refractivity contribution in [2.45, 2.75) is 12.4 Å². The van der Waals surface area contributed by atoms with Crippen LogP contribution in [0.15, 0.2) is 43.2 Å². The third-order valence-electron chi connectivity index (χ3n) is 4.16. The van der Waals surface area contributed by atoms with Crippen LogP contribution in [0.1, 0.15) is 16.7 Å². The molecule has 1 amide bonds. The van der Waals surface area contributed by atoms with Gasteiger partial charge < -0.3 is 11.1 Å². The first-order chi connectivity index (χ1) is 15.5. The number of hydrogen-bond donors (Lipinski definition) is 2. The lowest BCUT2D eigenvalue weighted by Crippen LogP contribution is -2.29. The Morgan fingerprint density at radius 3 is 2.18 bits per heavy atom. The first kappa shape index (κ1) is 23.8. The molecule has 1 aromatic carbocycles. The highest BCUT2D eigenvalue weighted by atomic mass is 19.4. The fraction of sp³-hybridized carbons (Fsp3) is 0.211. The number of carbonyl (C=O) groups is 1. The molecule has 0 aliphatic rings. The van der Waals surface area contributed by atoms with Crippen molar-refractivity contribution in [3.05, 3.63) is 59.9 Å². The number of aromatic nitrogens is 5. The molecule has 0 saturated carbocycles. The zero-order chi connectivity index (χ0) is 24.2. The minimum Gasteiger partial charge on any atom is -0.351 e. The third kappa shape index (κ3) is 5.91. The summed E-state index contributed by atoms with van der Waals surface area (Å²) in [6.45, 7) is 0.311. The number of carbonyl (C=O) groups excluding carboxylic acids is 1. The van der Waals surface area contributed by atoms with Crippen molar-refractivity contribution in [2.24, 2.45) is 5.73 Å². The molecule has 3 aromatic rings. The highest BCUT2D eigenvalue weighted by Crippen LogP contribution is 2.38. The molecule has 0 unspecified atom stereocenters. The average Bonchev–Trinajstić information content (AvgIpc) is 3.23. The second-order valence-electron chi connectivity index (χ2n) is 6.56. The van der Waals surface area contributed by atoms with E-state index in [9.17, 15) is 31.1 Å². The molecule has 3 rings (SSSR count). The minimum atomic E-state index is -5.01. The predicted octanol–water partition coefficient (Wildman–Crippen LogP) is 2.85. The van der Waals surface area contributed by atoms with E-state index in [4.69, 9.17) is 5.73 Å². The first-order valence-electron chi connectivity index (χ1n) is 9.15. The fourth-order valence-electron chi connectivity index (χ4n) is 2.67. The van der Waals surface area contributed by atoms with Gasteiger partial charge in [0.05, 0.1) is 16.7 Å². The zero-order valence-corrected chi connectivity index (χ0v) is 16.5. The lowest BCUT2D eigenvalue weighted by atomic mass is 10.0. The normalized spacial score (nSPS) is 12.6. The summed E-state index contributed by atoms with van der Waals surface area (Å²) in [5, 5.41) is 6.44. The Hall–Kier alpha value is -3.81. The number of halogens is 6. The van der Waals surface area contributed by atoms with Crippen LogP contribution in [0, 0.1) is 0 Å². The summed E-state index contributed by atoms with van der Waals surface area (Å²) in [7, 11) is 0. The summed E-state index contributed by atoms with van der Waals surface area (Å²) < 4.78 is 79.7. The number of hydrogen-bond acceptors (Lipinski definition) is 6. The number of nitrogens with two attached hydrogens (primary N) is 1. The van der Waals surface area contributed by atoms with Gasteiger partial charge in [0.2, 0.25) is 0 Å². The SMILES string of the molecule is NCCNC(=O)/C(=C/n1cnc(-c2cc(C(F)(F)F)cc(C(F)(F)F)c2)n1)c1cncnc1. The Kier molecular flexibility index (Phi) is 6.76. The quantitative estimate of drug-likeness (QED) is 0.423. The van der Waals surface area contributed by atoms with Gasteiger partial charge in [-0.3, -0.25) is 4.79 Å². The molecule has 2 heterocycles. The molecule has 33 heavy (non-hydrogen) atoms. The molecule has 0 atom stereocenters. The summed E-state index contributed by atoms with van der Waals surface area (Å²) in [4.78, 5) is 23.9. The molecule has 0 aliphatic heterocycles. The van der Waals surface area contributed by atoms with Crippen molar-refractivity contribution >= 4 is 17.7 Å². The number of benzene rings is 1. The van der Waals surface area contributed by atoms with E-state index < -0.39 is 40.8 Å². The first-order valence-corrected chi connectivity index (χ1v) is 9.15. The molecule has 14 heteroatoms. The standard InChI is InChI=1S/C19H15F6N7O/c20-18(21,22)13-3-11(4-14(5-13)19(23,24)25)16-30-10-32(31-16)8-15(17(33)29-2-1-26)12-6-27-9-28-7-12/h3-10H,1-2,26H2,(H,29,33)/b15-8+. The monoisotopic (exact) mass is 471 g/mol. The van der Waals surface area contributed by atoms with Crippen LogP contribution in [0.25, 0.3) is 23.2 Å². The van der Waals surface area contributed by atoms with Gasteiger partial charge in [0.15, 0.2) is 5.82 Å². The van der Waals surface area contributed by atoms with Gasteiger partial charge in [-0.05, 0) is 18.2 Å². The van der Waals surface area contributed by atoms with E-state index in [0.29, 0.717) is 12.1 Å². The second-order valence-corrected chi connectivity index (χ2v) is 6.56. The maximum absolute atomic E-state index is 13.1. The van der Waals surface area contributed by atoms with Gasteiger partial charge in [-0.1, -0.05) is 0 Å². The van der Waals surface area contributed by atoms with Gasteiger partial charge in [0.25, 0.3) is 5.91 Å². The molecule has 174 valence electrons. The maximum Gasteiger partial charge on any atom is 0.416 e. The number of nitrogens with one attached hydrogen (secondary N) is 1. The Labute approximate surface area is 182 Å². The van der Waals surface area contributed by atoms with Gasteiger partial charge in [-0.15, -0.1) is 5.10 Å². The molecule has 0 saturated heterocycles. The van der Waals surface area contributed by atoms with Crippen molar-refractivity contribution in [1.82, 2.24) is 30.0 Å². The number of rotatable bonds is 6. The van der Waals surface area contributed by atoms with Crippen LogP contribution in [-0.2, 0) is 17.1 Å². The summed E-state index contributed by atoms with van der Waals surface area (Å²) in [5.74, 6) is -0.986. The minimum absolute atomic E-state index is 0.00961. The summed E-state index contributed by atoms with van der Waals surface area (Å²) in [6, 6.07) is 1.03.